The van der Waals surface area contributed by atoms with E-state index in [1.54, 1.807) is 0 Å². The second-order valence-electron chi connectivity index (χ2n) is 6.04. The lowest BCUT2D eigenvalue weighted by molar-refractivity contribution is -0.262. The normalized spacial score (nSPS) is 17.9. The van der Waals surface area contributed by atoms with Crippen molar-refractivity contribution in [3.8, 4) is 11.5 Å². The van der Waals surface area contributed by atoms with Crippen molar-refractivity contribution >= 4 is 0 Å². The van der Waals surface area contributed by atoms with Crippen LogP contribution in [0.2, 0.25) is 0 Å². The molecule has 1 rings (SSSR count). The van der Waals surface area contributed by atoms with Gasteiger partial charge >= 0.3 is 12.4 Å². The molecule has 0 aromatic heterocycles. The Balaban J connectivity index is 4.07. The van der Waals surface area contributed by atoms with Crippen LogP contribution >= 0.6 is 0 Å². The van der Waals surface area contributed by atoms with Gasteiger partial charge in [-0.1, -0.05) is 6.92 Å². The summed E-state index contributed by atoms with van der Waals surface area (Å²) in [5.41, 5.74) is -11.5. The minimum atomic E-state index is -5.33. The highest BCUT2D eigenvalue weighted by atomic mass is 19.4. The summed E-state index contributed by atoms with van der Waals surface area (Å²) in [4.78, 5) is 0. The zero-order chi connectivity index (χ0) is 20.2. The van der Waals surface area contributed by atoms with Gasteiger partial charge in [0.2, 0.25) is 0 Å². The highest BCUT2D eigenvalue weighted by Gasteiger charge is 2.57. The SMILES string of the molecule is CCc1c(O)c(C(C)(O)C(F)(F)F)c(C)c(C(C)(O)C(F)(F)F)c1O. The van der Waals surface area contributed by atoms with E-state index in [0.717, 1.165) is 6.92 Å². The van der Waals surface area contributed by atoms with E-state index >= 15 is 0 Å². The number of benzene rings is 1. The molecular formula is C15H18F6O4. The molecular weight excluding hydrogens is 358 g/mol. The first kappa shape index (κ1) is 21.4. The molecule has 0 aliphatic heterocycles. The fourth-order valence-corrected chi connectivity index (χ4v) is 2.70. The average Bonchev–Trinajstić information content (AvgIpc) is 2.35. The summed E-state index contributed by atoms with van der Waals surface area (Å²) in [7, 11) is 0. The highest BCUT2D eigenvalue weighted by Crippen LogP contribution is 2.53. The Hall–Kier alpha value is -1.68. The van der Waals surface area contributed by atoms with Gasteiger partial charge in [0.1, 0.15) is 11.5 Å². The number of halogens is 6. The topological polar surface area (TPSA) is 80.9 Å². The van der Waals surface area contributed by atoms with Gasteiger partial charge in [0.15, 0.2) is 11.2 Å². The number of alkyl halides is 6. The fraction of sp³-hybridized carbons (Fsp3) is 0.600. The molecule has 10 heteroatoms. The van der Waals surface area contributed by atoms with Gasteiger partial charge in [0.05, 0.1) is 0 Å². The fourth-order valence-electron chi connectivity index (χ4n) is 2.70. The predicted molar refractivity (Wildman–Crippen MR) is 75.1 cm³/mol. The molecule has 0 amide bonds. The van der Waals surface area contributed by atoms with Crippen LogP contribution < -0.4 is 0 Å². The maximum absolute atomic E-state index is 13.2. The molecule has 2 unspecified atom stereocenters. The molecule has 0 spiro atoms. The van der Waals surface area contributed by atoms with Crippen LogP contribution in [0.25, 0.3) is 0 Å². The van der Waals surface area contributed by atoms with E-state index in [0.29, 0.717) is 0 Å². The van der Waals surface area contributed by atoms with Crippen molar-refractivity contribution in [3.63, 3.8) is 0 Å². The molecule has 0 saturated heterocycles. The minimum absolute atomic E-state index is 0.262. The van der Waals surface area contributed by atoms with Crippen LogP contribution in [-0.4, -0.2) is 32.8 Å². The number of phenols is 2. The second-order valence-corrected chi connectivity index (χ2v) is 6.04. The summed E-state index contributed by atoms with van der Waals surface area (Å²) >= 11 is 0. The van der Waals surface area contributed by atoms with Gasteiger partial charge in [-0.25, -0.2) is 0 Å². The molecule has 0 heterocycles. The molecule has 0 aliphatic rings. The van der Waals surface area contributed by atoms with Gasteiger partial charge in [-0.15, -0.1) is 0 Å². The summed E-state index contributed by atoms with van der Waals surface area (Å²) in [6.45, 7) is 2.53. The third-order valence-electron chi connectivity index (χ3n) is 4.23. The molecule has 0 fully saturated rings. The number of hydrogen-bond acceptors (Lipinski definition) is 4. The Morgan fingerprint density at radius 2 is 1.04 bits per heavy atom. The Labute approximate surface area is 139 Å². The Kier molecular flexibility index (Phi) is 5.08. The standard InChI is InChI=1S/C15H18F6O4/c1-5-7-10(22)8(12(3,24)14(16,17)18)6(2)9(11(7)23)13(4,25)15(19,20)21/h22-25H,5H2,1-4H3. The largest absolute Gasteiger partial charge is 0.507 e. The van der Waals surface area contributed by atoms with E-state index in [2.05, 4.69) is 0 Å². The molecule has 144 valence electrons. The van der Waals surface area contributed by atoms with Crippen molar-refractivity contribution in [1.29, 1.82) is 0 Å². The summed E-state index contributed by atoms with van der Waals surface area (Å²) in [5, 5.41) is 39.8. The number of rotatable bonds is 3. The number of aromatic hydroxyl groups is 2. The molecule has 25 heavy (non-hydrogen) atoms. The van der Waals surface area contributed by atoms with E-state index in [1.807, 2.05) is 0 Å². The third kappa shape index (κ3) is 3.12. The average molecular weight is 376 g/mol. The molecule has 2 atom stereocenters. The molecule has 4 nitrogen and oxygen atoms in total. The Morgan fingerprint density at radius 1 is 0.760 bits per heavy atom. The first-order chi connectivity index (χ1) is 10.9. The van der Waals surface area contributed by atoms with Gasteiger partial charge in [0.25, 0.3) is 0 Å². The third-order valence-corrected chi connectivity index (χ3v) is 4.23. The molecule has 0 bridgehead atoms. The minimum Gasteiger partial charge on any atom is -0.507 e. The molecule has 0 saturated carbocycles. The van der Waals surface area contributed by atoms with E-state index in [4.69, 9.17) is 0 Å². The van der Waals surface area contributed by atoms with Crippen LogP contribution in [0.5, 0.6) is 11.5 Å². The Morgan fingerprint density at radius 3 is 1.24 bits per heavy atom. The van der Waals surface area contributed by atoms with Gasteiger partial charge in [-0.2, -0.15) is 26.3 Å². The lowest BCUT2D eigenvalue weighted by Crippen LogP contribution is -2.43. The van der Waals surface area contributed by atoms with Crippen molar-refractivity contribution in [3.05, 3.63) is 22.3 Å². The number of hydrogen-bond donors (Lipinski definition) is 4. The van der Waals surface area contributed by atoms with E-state index in [9.17, 15) is 46.8 Å². The molecule has 4 N–H and O–H groups in total. The zero-order valence-electron chi connectivity index (χ0n) is 13.8. The van der Waals surface area contributed by atoms with Crippen LogP contribution in [-0.2, 0) is 17.6 Å². The molecule has 0 aliphatic carbocycles. The van der Waals surface area contributed by atoms with Gasteiger partial charge < -0.3 is 20.4 Å². The molecule has 0 radical (unpaired) electrons. The van der Waals surface area contributed by atoms with Crippen LogP contribution in [0, 0.1) is 6.92 Å². The lowest BCUT2D eigenvalue weighted by Gasteiger charge is -2.35. The highest BCUT2D eigenvalue weighted by molar-refractivity contribution is 5.62. The van der Waals surface area contributed by atoms with E-state index < -0.39 is 57.3 Å². The number of phenolic OH excluding ortho intramolecular Hbond substituents is 2. The Bertz CT molecular complexity index is 621. The lowest BCUT2D eigenvalue weighted by atomic mass is 9.80. The van der Waals surface area contributed by atoms with Crippen LogP contribution in [0.3, 0.4) is 0 Å². The van der Waals surface area contributed by atoms with Crippen molar-refractivity contribution in [1.82, 2.24) is 0 Å². The quantitative estimate of drug-likeness (QED) is 0.609. The van der Waals surface area contributed by atoms with Gasteiger partial charge in [-0.3, -0.25) is 0 Å². The summed E-state index contributed by atoms with van der Waals surface area (Å²) in [5.74, 6) is -2.36. The maximum atomic E-state index is 13.2. The molecule has 1 aromatic carbocycles. The number of aliphatic hydroxyl groups is 2. The summed E-state index contributed by atoms with van der Waals surface area (Å²) < 4.78 is 79.0. The second kappa shape index (κ2) is 5.94. The monoisotopic (exact) mass is 376 g/mol. The van der Waals surface area contributed by atoms with Crippen molar-refractivity contribution < 1.29 is 46.8 Å². The van der Waals surface area contributed by atoms with Crippen molar-refractivity contribution in [2.75, 3.05) is 0 Å². The van der Waals surface area contributed by atoms with Gasteiger partial charge in [0, 0.05) is 16.7 Å². The first-order valence-corrected chi connectivity index (χ1v) is 7.09. The first-order valence-electron chi connectivity index (χ1n) is 7.09. The van der Waals surface area contributed by atoms with Crippen LogP contribution in [0.1, 0.15) is 43.0 Å². The predicted octanol–water partition coefficient (Wildman–Crippen LogP) is 3.51. The van der Waals surface area contributed by atoms with E-state index in [-0.39, 0.29) is 20.3 Å². The van der Waals surface area contributed by atoms with Crippen LogP contribution in [0.15, 0.2) is 0 Å². The maximum Gasteiger partial charge on any atom is 0.421 e. The summed E-state index contributed by atoms with van der Waals surface area (Å²) in [6.07, 6.45) is -11.0. The zero-order valence-corrected chi connectivity index (χ0v) is 13.8. The van der Waals surface area contributed by atoms with Crippen molar-refractivity contribution in [2.24, 2.45) is 0 Å². The van der Waals surface area contributed by atoms with Crippen LogP contribution in [0.4, 0.5) is 26.3 Å². The summed E-state index contributed by atoms with van der Waals surface area (Å²) in [6, 6.07) is 0. The van der Waals surface area contributed by atoms with E-state index in [1.165, 1.54) is 6.92 Å². The molecule has 1 aromatic rings. The van der Waals surface area contributed by atoms with Gasteiger partial charge in [-0.05, 0) is 32.8 Å². The van der Waals surface area contributed by atoms with Crippen molar-refractivity contribution in [2.45, 2.75) is 57.7 Å². The smallest absolute Gasteiger partial charge is 0.421 e.